The van der Waals surface area contributed by atoms with Gasteiger partial charge in [0.05, 0.1) is 6.26 Å². The monoisotopic (exact) mass is 266 g/mol. The number of nitrogens with one attached hydrogen (secondary N) is 1. The van der Waals surface area contributed by atoms with Crippen LogP contribution in [0.1, 0.15) is 5.56 Å². The molecule has 1 aromatic carbocycles. The summed E-state index contributed by atoms with van der Waals surface area (Å²) in [6.45, 7) is 1.65. The van der Waals surface area contributed by atoms with E-state index in [1.807, 2.05) is 24.3 Å². The minimum absolute atomic E-state index is 0.391. The maximum atomic E-state index is 11.6. The number of hydrogen-bond donors (Lipinski definition) is 1. The number of benzene rings is 1. The highest BCUT2D eigenvalue weighted by atomic mass is 32.2. The van der Waals surface area contributed by atoms with Crippen molar-refractivity contribution in [2.24, 2.45) is 0 Å². The summed E-state index contributed by atoms with van der Waals surface area (Å²) in [6, 6.07) is 7.74. The second-order valence-electron chi connectivity index (χ2n) is 4.31. The van der Waals surface area contributed by atoms with Crippen molar-refractivity contribution in [1.29, 1.82) is 0 Å². The SMILES string of the molecule is O=S(=O)(NCCc1coc2ccccc12)N1CC1. The first-order valence-electron chi connectivity index (χ1n) is 5.87. The van der Waals surface area contributed by atoms with Crippen LogP contribution in [0, 0.1) is 0 Å². The fourth-order valence-electron chi connectivity index (χ4n) is 1.91. The Morgan fingerprint density at radius 1 is 1.28 bits per heavy atom. The van der Waals surface area contributed by atoms with Gasteiger partial charge in [0, 0.05) is 25.0 Å². The van der Waals surface area contributed by atoms with Crippen LogP contribution in [0.2, 0.25) is 0 Å². The molecule has 5 nitrogen and oxygen atoms in total. The Hall–Kier alpha value is -1.37. The number of para-hydroxylation sites is 1. The van der Waals surface area contributed by atoms with Crippen molar-refractivity contribution < 1.29 is 12.8 Å². The van der Waals surface area contributed by atoms with Crippen LogP contribution in [0.25, 0.3) is 11.0 Å². The molecule has 1 N–H and O–H groups in total. The molecule has 0 unspecified atom stereocenters. The first-order valence-corrected chi connectivity index (χ1v) is 7.31. The van der Waals surface area contributed by atoms with Crippen LogP contribution in [0.4, 0.5) is 0 Å². The minimum atomic E-state index is -3.24. The molecule has 6 heteroatoms. The molecule has 0 radical (unpaired) electrons. The second-order valence-corrected chi connectivity index (χ2v) is 6.06. The number of fused-ring (bicyclic) bond motifs is 1. The molecule has 0 atom stereocenters. The van der Waals surface area contributed by atoms with Crippen LogP contribution >= 0.6 is 0 Å². The topological polar surface area (TPSA) is 62.3 Å². The van der Waals surface area contributed by atoms with E-state index in [1.54, 1.807) is 6.26 Å². The Kier molecular flexibility index (Phi) is 2.85. The Morgan fingerprint density at radius 2 is 2.06 bits per heavy atom. The molecule has 18 heavy (non-hydrogen) atoms. The lowest BCUT2D eigenvalue weighted by Gasteiger charge is -2.05. The highest BCUT2D eigenvalue weighted by Crippen LogP contribution is 2.20. The van der Waals surface area contributed by atoms with Crippen molar-refractivity contribution in [1.82, 2.24) is 9.03 Å². The lowest BCUT2D eigenvalue weighted by molar-refractivity contribution is 0.546. The largest absolute Gasteiger partial charge is 0.464 e. The number of nitrogens with zero attached hydrogens (tertiary/aromatic N) is 1. The van der Waals surface area contributed by atoms with Crippen LogP contribution in [0.3, 0.4) is 0 Å². The van der Waals surface area contributed by atoms with Gasteiger partial charge in [0.2, 0.25) is 0 Å². The fraction of sp³-hybridized carbons (Fsp3) is 0.333. The zero-order valence-corrected chi connectivity index (χ0v) is 10.6. The van der Waals surface area contributed by atoms with Gasteiger partial charge >= 0.3 is 0 Å². The molecule has 0 saturated carbocycles. The van der Waals surface area contributed by atoms with E-state index in [1.165, 1.54) is 4.31 Å². The molecular formula is C12H14N2O3S. The lowest BCUT2D eigenvalue weighted by Crippen LogP contribution is -2.31. The molecule has 0 aliphatic carbocycles. The normalized spacial score (nSPS) is 16.2. The average Bonchev–Trinajstić information content (AvgIpc) is 3.14. The predicted molar refractivity (Wildman–Crippen MR) is 68.4 cm³/mol. The highest BCUT2D eigenvalue weighted by molar-refractivity contribution is 7.87. The molecule has 3 rings (SSSR count). The number of furan rings is 1. The molecular weight excluding hydrogens is 252 g/mol. The third-order valence-corrected chi connectivity index (χ3v) is 4.60. The van der Waals surface area contributed by atoms with E-state index in [9.17, 15) is 8.42 Å². The average molecular weight is 266 g/mol. The molecule has 0 spiro atoms. The van der Waals surface area contributed by atoms with Gasteiger partial charge in [-0.25, -0.2) is 4.72 Å². The van der Waals surface area contributed by atoms with Crippen LogP contribution < -0.4 is 4.72 Å². The van der Waals surface area contributed by atoms with Crippen molar-refractivity contribution in [2.45, 2.75) is 6.42 Å². The third kappa shape index (κ3) is 2.27. The van der Waals surface area contributed by atoms with E-state index >= 15 is 0 Å². The van der Waals surface area contributed by atoms with Crippen molar-refractivity contribution in [3.63, 3.8) is 0 Å². The standard InChI is InChI=1S/C12H14N2O3S/c15-18(16,14-7-8-14)13-6-5-10-9-17-12-4-2-1-3-11(10)12/h1-4,9,13H,5-8H2. The van der Waals surface area contributed by atoms with Crippen LogP contribution in [0.5, 0.6) is 0 Å². The molecule has 96 valence electrons. The number of hydrogen-bond acceptors (Lipinski definition) is 3. The maximum Gasteiger partial charge on any atom is 0.279 e. The van der Waals surface area contributed by atoms with E-state index in [-0.39, 0.29) is 0 Å². The van der Waals surface area contributed by atoms with Crippen molar-refractivity contribution in [3.05, 3.63) is 36.1 Å². The molecule has 1 fully saturated rings. The Morgan fingerprint density at radius 3 is 2.83 bits per heavy atom. The molecule has 0 bridgehead atoms. The zero-order valence-electron chi connectivity index (χ0n) is 9.80. The third-order valence-electron chi connectivity index (χ3n) is 2.99. The van der Waals surface area contributed by atoms with Gasteiger partial charge in [0.15, 0.2) is 0 Å². The van der Waals surface area contributed by atoms with Gasteiger partial charge in [0.1, 0.15) is 5.58 Å². The summed E-state index contributed by atoms with van der Waals surface area (Å²) in [5.74, 6) is 0. The summed E-state index contributed by atoms with van der Waals surface area (Å²) >= 11 is 0. The molecule has 1 aromatic heterocycles. The Bertz CT molecular complexity index is 659. The number of rotatable bonds is 5. The first kappa shape index (κ1) is 11.7. The van der Waals surface area contributed by atoms with Gasteiger partial charge in [-0.1, -0.05) is 18.2 Å². The lowest BCUT2D eigenvalue weighted by atomic mass is 10.1. The van der Waals surface area contributed by atoms with Gasteiger partial charge in [-0.3, -0.25) is 0 Å². The van der Waals surface area contributed by atoms with Crippen LogP contribution in [0.15, 0.2) is 34.9 Å². The van der Waals surface area contributed by atoms with E-state index in [4.69, 9.17) is 4.42 Å². The van der Waals surface area contributed by atoms with Crippen molar-refractivity contribution >= 4 is 21.2 Å². The summed E-state index contributed by atoms with van der Waals surface area (Å²) < 4.78 is 32.5. The van der Waals surface area contributed by atoms with Gasteiger partial charge in [0.25, 0.3) is 10.2 Å². The zero-order chi connectivity index (χ0) is 12.6. The fourth-order valence-corrected chi connectivity index (χ4v) is 3.02. The van der Waals surface area contributed by atoms with E-state index < -0.39 is 10.2 Å². The summed E-state index contributed by atoms with van der Waals surface area (Å²) in [6.07, 6.45) is 2.32. The van der Waals surface area contributed by atoms with Gasteiger partial charge in [-0.05, 0) is 18.1 Å². The Labute approximate surface area is 106 Å². The van der Waals surface area contributed by atoms with Gasteiger partial charge in [-0.2, -0.15) is 12.7 Å². The quantitative estimate of drug-likeness (QED) is 0.825. The molecule has 1 saturated heterocycles. The summed E-state index contributed by atoms with van der Waals surface area (Å²) in [7, 11) is -3.24. The summed E-state index contributed by atoms with van der Waals surface area (Å²) in [5, 5.41) is 1.04. The second kappa shape index (κ2) is 4.38. The van der Waals surface area contributed by atoms with Crippen molar-refractivity contribution in [3.8, 4) is 0 Å². The molecule has 1 aliphatic rings. The molecule has 0 amide bonds. The van der Waals surface area contributed by atoms with E-state index in [0.29, 0.717) is 26.1 Å². The molecule has 2 aromatic rings. The maximum absolute atomic E-state index is 11.6. The smallest absolute Gasteiger partial charge is 0.279 e. The van der Waals surface area contributed by atoms with E-state index in [2.05, 4.69) is 4.72 Å². The minimum Gasteiger partial charge on any atom is -0.464 e. The van der Waals surface area contributed by atoms with Gasteiger partial charge in [-0.15, -0.1) is 0 Å². The summed E-state index contributed by atoms with van der Waals surface area (Å²) in [5.41, 5.74) is 1.86. The molecule has 1 aliphatic heterocycles. The van der Waals surface area contributed by atoms with Crippen LogP contribution in [-0.4, -0.2) is 32.4 Å². The van der Waals surface area contributed by atoms with Gasteiger partial charge < -0.3 is 4.42 Å². The summed E-state index contributed by atoms with van der Waals surface area (Å²) in [4.78, 5) is 0. The predicted octanol–water partition coefficient (Wildman–Crippen LogP) is 1.13. The van der Waals surface area contributed by atoms with E-state index in [0.717, 1.165) is 16.5 Å². The Balaban J connectivity index is 1.66. The van der Waals surface area contributed by atoms with Crippen LogP contribution in [-0.2, 0) is 16.6 Å². The molecule has 2 heterocycles. The van der Waals surface area contributed by atoms with Crippen molar-refractivity contribution in [2.75, 3.05) is 19.6 Å². The highest BCUT2D eigenvalue weighted by Gasteiger charge is 2.31. The first-order chi connectivity index (χ1) is 8.67.